The number of pyridine rings is 1. The first-order valence-electron chi connectivity index (χ1n) is 12.6. The SMILES string of the molecule is Cc1nc(N)ccc1CNC(=O)[C@]12C[C@H]1CCCN2C(=O)[C@@H](CC1CCCCC1)NCC(N)=O. The largest absolute Gasteiger partial charge is 0.384 e. The van der Waals surface area contributed by atoms with Gasteiger partial charge in [0.15, 0.2) is 0 Å². The van der Waals surface area contributed by atoms with E-state index in [1.807, 2.05) is 13.0 Å². The maximum atomic E-state index is 13.8. The molecule has 4 rings (SSSR count). The molecule has 6 N–H and O–H groups in total. The summed E-state index contributed by atoms with van der Waals surface area (Å²) in [6.07, 6.45) is 9.01. The van der Waals surface area contributed by atoms with E-state index < -0.39 is 17.5 Å². The number of anilines is 1. The zero-order chi connectivity index (χ0) is 24.3. The molecule has 2 aliphatic carbocycles. The second kappa shape index (κ2) is 10.3. The van der Waals surface area contributed by atoms with Crippen LogP contribution < -0.4 is 22.1 Å². The lowest BCUT2D eigenvalue weighted by molar-refractivity contribution is -0.146. The fourth-order valence-electron chi connectivity index (χ4n) is 5.96. The molecule has 34 heavy (non-hydrogen) atoms. The zero-order valence-corrected chi connectivity index (χ0v) is 20.1. The number of nitrogens with two attached hydrogens (primary N) is 2. The fraction of sp³-hybridized carbons (Fsp3) is 0.680. The number of hydrogen-bond acceptors (Lipinski definition) is 6. The Morgan fingerprint density at radius 2 is 1.94 bits per heavy atom. The van der Waals surface area contributed by atoms with Crippen molar-refractivity contribution < 1.29 is 14.4 Å². The molecule has 1 saturated heterocycles. The topological polar surface area (TPSA) is 143 Å². The Kier molecular flexibility index (Phi) is 7.40. The molecule has 1 aliphatic heterocycles. The molecule has 0 bridgehead atoms. The Morgan fingerprint density at radius 1 is 1.18 bits per heavy atom. The van der Waals surface area contributed by atoms with Crippen LogP contribution in [-0.2, 0) is 20.9 Å². The molecule has 186 valence electrons. The van der Waals surface area contributed by atoms with Gasteiger partial charge in [-0.1, -0.05) is 38.2 Å². The van der Waals surface area contributed by atoms with E-state index in [1.54, 1.807) is 11.0 Å². The number of piperidine rings is 1. The molecule has 3 amide bonds. The van der Waals surface area contributed by atoms with E-state index in [9.17, 15) is 14.4 Å². The monoisotopic (exact) mass is 470 g/mol. The summed E-state index contributed by atoms with van der Waals surface area (Å²) in [6, 6.07) is 3.10. The minimum Gasteiger partial charge on any atom is -0.384 e. The summed E-state index contributed by atoms with van der Waals surface area (Å²) >= 11 is 0. The summed E-state index contributed by atoms with van der Waals surface area (Å²) in [5.74, 6) is 0.424. The van der Waals surface area contributed by atoms with Crippen LogP contribution in [0, 0.1) is 18.8 Å². The fourth-order valence-corrected chi connectivity index (χ4v) is 5.96. The number of carbonyl (C=O) groups excluding carboxylic acids is 3. The Labute approximate surface area is 201 Å². The summed E-state index contributed by atoms with van der Waals surface area (Å²) in [6.45, 7) is 2.74. The highest BCUT2D eigenvalue weighted by atomic mass is 16.2. The van der Waals surface area contributed by atoms with Gasteiger partial charge in [0, 0.05) is 18.8 Å². The van der Waals surface area contributed by atoms with E-state index in [0.717, 1.165) is 36.9 Å². The second-order valence-corrected chi connectivity index (χ2v) is 10.3. The number of nitrogens with one attached hydrogen (secondary N) is 2. The Morgan fingerprint density at radius 3 is 2.65 bits per heavy atom. The normalized spacial score (nSPS) is 25.3. The van der Waals surface area contributed by atoms with E-state index in [1.165, 1.54) is 19.3 Å². The highest BCUT2D eigenvalue weighted by molar-refractivity contribution is 5.96. The first-order valence-corrected chi connectivity index (χ1v) is 12.6. The number of hydrogen-bond donors (Lipinski definition) is 4. The third-order valence-electron chi connectivity index (χ3n) is 7.92. The Bertz CT molecular complexity index is 931. The van der Waals surface area contributed by atoms with Gasteiger partial charge in [0.2, 0.25) is 17.7 Å². The van der Waals surface area contributed by atoms with Crippen molar-refractivity contribution in [2.45, 2.75) is 82.8 Å². The molecule has 2 heterocycles. The number of nitrogen functional groups attached to an aromatic ring is 1. The van der Waals surface area contributed by atoms with Gasteiger partial charge in [-0.3, -0.25) is 19.7 Å². The molecule has 0 unspecified atom stereocenters. The highest BCUT2D eigenvalue weighted by Crippen LogP contribution is 2.54. The number of nitrogens with zero attached hydrogens (tertiary/aromatic N) is 2. The van der Waals surface area contributed by atoms with Crippen LogP contribution in [0.2, 0.25) is 0 Å². The second-order valence-electron chi connectivity index (χ2n) is 10.3. The first kappa shape index (κ1) is 24.4. The first-order chi connectivity index (χ1) is 16.3. The number of primary amides is 1. The molecule has 1 aromatic heterocycles. The smallest absolute Gasteiger partial charge is 0.246 e. The maximum absolute atomic E-state index is 13.8. The van der Waals surface area contributed by atoms with Gasteiger partial charge in [-0.25, -0.2) is 4.98 Å². The van der Waals surface area contributed by atoms with Crippen LogP contribution in [0.3, 0.4) is 0 Å². The van der Waals surface area contributed by atoms with Crippen molar-refractivity contribution in [3.05, 3.63) is 23.4 Å². The lowest BCUT2D eigenvalue weighted by Gasteiger charge is -2.38. The van der Waals surface area contributed by atoms with Crippen molar-refractivity contribution in [1.82, 2.24) is 20.5 Å². The molecule has 0 aromatic carbocycles. The van der Waals surface area contributed by atoms with E-state index >= 15 is 0 Å². The molecule has 2 saturated carbocycles. The lowest BCUT2D eigenvalue weighted by atomic mass is 9.84. The van der Waals surface area contributed by atoms with Crippen molar-refractivity contribution in [2.24, 2.45) is 17.6 Å². The van der Waals surface area contributed by atoms with Gasteiger partial charge in [-0.15, -0.1) is 0 Å². The van der Waals surface area contributed by atoms with Gasteiger partial charge >= 0.3 is 0 Å². The van der Waals surface area contributed by atoms with Gasteiger partial charge in [0.05, 0.1) is 12.6 Å². The molecule has 3 aliphatic rings. The minimum atomic E-state index is -0.788. The summed E-state index contributed by atoms with van der Waals surface area (Å²) in [5.41, 5.74) is 12.0. The van der Waals surface area contributed by atoms with E-state index in [-0.39, 0.29) is 24.3 Å². The van der Waals surface area contributed by atoms with Crippen LogP contribution in [0.15, 0.2) is 12.1 Å². The molecule has 3 fully saturated rings. The molecule has 3 atom stereocenters. The van der Waals surface area contributed by atoms with Gasteiger partial charge < -0.3 is 21.7 Å². The van der Waals surface area contributed by atoms with Crippen molar-refractivity contribution >= 4 is 23.5 Å². The standard InChI is InChI=1S/C25H38N6O3/c1-16-18(9-10-21(26)30-16)14-29-24(34)25-13-19(25)8-5-11-31(25)23(33)20(28-15-22(27)32)12-17-6-3-2-4-7-17/h9-10,17,19-20,28H,2-8,11-15H2,1H3,(H2,26,30)(H2,27,32)(H,29,34)/t19-,20-,25+/m1/s1. The molecule has 9 nitrogen and oxygen atoms in total. The number of rotatable bonds is 9. The molecule has 0 radical (unpaired) electrons. The Hall–Kier alpha value is -2.68. The number of aryl methyl sites for hydroxylation is 1. The van der Waals surface area contributed by atoms with E-state index in [4.69, 9.17) is 11.5 Å². The number of amides is 3. The molecule has 0 spiro atoms. The maximum Gasteiger partial charge on any atom is 0.246 e. The Balaban J connectivity index is 1.47. The predicted molar refractivity (Wildman–Crippen MR) is 129 cm³/mol. The van der Waals surface area contributed by atoms with Crippen molar-refractivity contribution in [3.8, 4) is 0 Å². The molecule has 9 heteroatoms. The lowest BCUT2D eigenvalue weighted by Crippen LogP contribution is -2.60. The van der Waals surface area contributed by atoms with Gasteiger partial charge in [0.1, 0.15) is 11.4 Å². The number of aromatic nitrogens is 1. The predicted octanol–water partition coefficient (Wildman–Crippen LogP) is 1.38. The third kappa shape index (κ3) is 5.19. The summed E-state index contributed by atoms with van der Waals surface area (Å²) in [4.78, 5) is 44.8. The number of likely N-dealkylation sites (tertiary alicyclic amines) is 1. The summed E-state index contributed by atoms with van der Waals surface area (Å²) < 4.78 is 0. The van der Waals surface area contributed by atoms with Crippen LogP contribution in [0.4, 0.5) is 5.82 Å². The van der Waals surface area contributed by atoms with Crippen LogP contribution in [0.1, 0.15) is 69.0 Å². The van der Waals surface area contributed by atoms with Crippen LogP contribution in [0.25, 0.3) is 0 Å². The van der Waals surface area contributed by atoms with Crippen LogP contribution in [-0.4, -0.2) is 52.3 Å². The van der Waals surface area contributed by atoms with Crippen LogP contribution >= 0.6 is 0 Å². The minimum absolute atomic E-state index is 0.0387. The number of carbonyl (C=O) groups is 3. The molecular formula is C25H38N6O3. The quantitative estimate of drug-likeness (QED) is 0.429. The summed E-state index contributed by atoms with van der Waals surface area (Å²) in [7, 11) is 0. The van der Waals surface area contributed by atoms with Gasteiger partial charge in [0.25, 0.3) is 0 Å². The van der Waals surface area contributed by atoms with Gasteiger partial charge in [-0.2, -0.15) is 0 Å². The average Bonchev–Trinajstić information content (AvgIpc) is 3.57. The molecular weight excluding hydrogens is 432 g/mol. The summed E-state index contributed by atoms with van der Waals surface area (Å²) in [5, 5.41) is 6.17. The highest BCUT2D eigenvalue weighted by Gasteiger charge is 2.66. The van der Waals surface area contributed by atoms with Crippen molar-refractivity contribution in [1.29, 1.82) is 0 Å². The van der Waals surface area contributed by atoms with E-state index in [0.29, 0.717) is 37.7 Å². The number of fused-ring (bicyclic) bond motifs is 1. The van der Waals surface area contributed by atoms with E-state index in [2.05, 4.69) is 15.6 Å². The van der Waals surface area contributed by atoms with Crippen molar-refractivity contribution in [3.63, 3.8) is 0 Å². The third-order valence-corrected chi connectivity index (χ3v) is 7.92. The average molecular weight is 471 g/mol. The van der Waals surface area contributed by atoms with Gasteiger partial charge in [-0.05, 0) is 56.1 Å². The van der Waals surface area contributed by atoms with Crippen LogP contribution in [0.5, 0.6) is 0 Å². The van der Waals surface area contributed by atoms with Crippen molar-refractivity contribution in [2.75, 3.05) is 18.8 Å². The zero-order valence-electron chi connectivity index (χ0n) is 20.1. The molecule has 1 aromatic rings.